The summed E-state index contributed by atoms with van der Waals surface area (Å²) < 4.78 is 8.91. The first-order valence-corrected chi connectivity index (χ1v) is 10.3. The molecule has 0 aliphatic carbocycles. The number of nitrogens with two attached hydrogens (primary N) is 1. The number of benzene rings is 2. The number of para-hydroxylation sites is 1. The zero-order valence-corrected chi connectivity index (χ0v) is 18.2. The number of hydrogen-bond acceptors (Lipinski definition) is 7. The third kappa shape index (κ3) is 4.09. The van der Waals surface area contributed by atoms with Gasteiger partial charge in [-0.1, -0.05) is 35.9 Å². The summed E-state index contributed by atoms with van der Waals surface area (Å²) in [7, 11) is 1.75. The number of nitrogen functional groups attached to an aromatic ring is 1. The molecular weight excluding hydrogens is 442 g/mol. The monoisotopic (exact) mass is 459 g/mol. The lowest BCUT2D eigenvalue weighted by molar-refractivity contribution is 0.473. The van der Waals surface area contributed by atoms with Crippen LogP contribution in [0.3, 0.4) is 0 Å². The second-order valence-electron chi connectivity index (χ2n) is 7.26. The minimum Gasteiger partial charge on any atom is -0.452 e. The van der Waals surface area contributed by atoms with E-state index in [4.69, 9.17) is 22.1 Å². The molecule has 2 aromatic carbocycles. The number of ether oxygens (including phenoxy) is 1. The van der Waals surface area contributed by atoms with Crippen LogP contribution >= 0.6 is 11.6 Å². The number of aromatic nitrogens is 5. The molecule has 0 radical (unpaired) electrons. The number of rotatable bonds is 5. The van der Waals surface area contributed by atoms with Gasteiger partial charge in [0.15, 0.2) is 16.5 Å². The van der Waals surface area contributed by atoms with Crippen molar-refractivity contribution in [2.24, 2.45) is 7.05 Å². The molecule has 3 N–H and O–H groups in total. The average Bonchev–Trinajstić information content (AvgIpc) is 3.11. The van der Waals surface area contributed by atoms with E-state index in [9.17, 15) is 4.79 Å². The van der Waals surface area contributed by atoms with Crippen LogP contribution in [0.2, 0.25) is 5.15 Å². The molecule has 0 saturated heterocycles. The minimum absolute atomic E-state index is 0.135. The highest BCUT2D eigenvalue weighted by atomic mass is 35.5. The molecular formula is C23H18ClN7O2. The summed E-state index contributed by atoms with van der Waals surface area (Å²) in [6.07, 6.45) is 3.31. The number of halogens is 1. The number of nitrogens with zero attached hydrogens (tertiary/aromatic N) is 5. The van der Waals surface area contributed by atoms with Gasteiger partial charge in [0.1, 0.15) is 5.75 Å². The van der Waals surface area contributed by atoms with Crippen LogP contribution in [-0.4, -0.2) is 24.3 Å². The van der Waals surface area contributed by atoms with E-state index >= 15 is 0 Å². The summed E-state index contributed by atoms with van der Waals surface area (Å²) in [5.41, 5.74) is 7.58. The Kier molecular flexibility index (Phi) is 5.15. The summed E-state index contributed by atoms with van der Waals surface area (Å²) in [4.78, 5) is 22.5. The molecule has 0 saturated carbocycles. The lowest BCUT2D eigenvalue weighted by atomic mass is 10.2. The second kappa shape index (κ2) is 8.29. The van der Waals surface area contributed by atoms with Gasteiger partial charge in [0.2, 0.25) is 5.95 Å². The van der Waals surface area contributed by atoms with E-state index in [1.807, 2.05) is 18.2 Å². The summed E-state index contributed by atoms with van der Waals surface area (Å²) in [6, 6.07) is 17.7. The maximum Gasteiger partial charge on any atom is 0.299 e. The normalized spacial score (nSPS) is 11.0. The Morgan fingerprint density at radius 3 is 2.64 bits per heavy atom. The van der Waals surface area contributed by atoms with Gasteiger partial charge in [0, 0.05) is 30.5 Å². The first-order chi connectivity index (χ1) is 16.0. The van der Waals surface area contributed by atoms with Crippen molar-refractivity contribution in [3.05, 3.63) is 88.6 Å². The number of hydrogen-bond donors (Lipinski definition) is 2. The van der Waals surface area contributed by atoms with Crippen molar-refractivity contribution in [3.63, 3.8) is 0 Å². The number of fused-ring (bicyclic) bond motifs is 1. The maximum absolute atomic E-state index is 13.5. The highest BCUT2D eigenvalue weighted by molar-refractivity contribution is 6.32. The van der Waals surface area contributed by atoms with E-state index < -0.39 is 0 Å². The van der Waals surface area contributed by atoms with E-state index in [-0.39, 0.29) is 22.4 Å². The Morgan fingerprint density at radius 2 is 1.91 bits per heavy atom. The molecule has 3 heterocycles. The van der Waals surface area contributed by atoms with E-state index in [1.165, 1.54) is 4.57 Å². The molecule has 0 aliphatic heterocycles. The molecule has 0 unspecified atom stereocenters. The molecule has 5 aromatic rings. The van der Waals surface area contributed by atoms with Crippen molar-refractivity contribution in [1.82, 2.24) is 24.3 Å². The SMILES string of the molecule is Cn1cc(Nc2ncc3cc(Oc4ccccc4)c(=O)n(-c4cccc(N)c4)c3n2)c(Cl)n1. The van der Waals surface area contributed by atoms with Gasteiger partial charge >= 0.3 is 0 Å². The third-order valence-electron chi connectivity index (χ3n) is 4.84. The molecule has 10 heteroatoms. The fraction of sp³-hybridized carbons (Fsp3) is 0.0435. The predicted molar refractivity (Wildman–Crippen MR) is 128 cm³/mol. The topological polar surface area (TPSA) is 113 Å². The van der Waals surface area contributed by atoms with Gasteiger partial charge in [-0.25, -0.2) is 4.98 Å². The van der Waals surface area contributed by atoms with Crippen LogP contribution in [-0.2, 0) is 7.05 Å². The molecule has 5 rings (SSSR count). The molecule has 3 aromatic heterocycles. The summed E-state index contributed by atoms with van der Waals surface area (Å²) in [6.45, 7) is 0. The van der Waals surface area contributed by atoms with Gasteiger partial charge in [0.05, 0.1) is 11.4 Å². The van der Waals surface area contributed by atoms with E-state index in [0.717, 1.165) is 0 Å². The number of anilines is 3. The molecule has 0 spiro atoms. The zero-order valence-electron chi connectivity index (χ0n) is 17.4. The zero-order chi connectivity index (χ0) is 22.9. The van der Waals surface area contributed by atoms with Crippen LogP contribution in [0.1, 0.15) is 0 Å². The molecule has 0 fully saturated rings. The van der Waals surface area contributed by atoms with Crippen molar-refractivity contribution in [2.75, 3.05) is 11.1 Å². The van der Waals surface area contributed by atoms with E-state index in [2.05, 4.69) is 20.4 Å². The lowest BCUT2D eigenvalue weighted by Gasteiger charge is -2.14. The molecule has 0 aliphatic rings. The van der Waals surface area contributed by atoms with Crippen LogP contribution in [0.15, 0.2) is 77.9 Å². The molecule has 0 amide bonds. The minimum atomic E-state index is -0.388. The Labute approximate surface area is 193 Å². The van der Waals surface area contributed by atoms with Crippen LogP contribution in [0.5, 0.6) is 11.5 Å². The average molecular weight is 460 g/mol. The Hall–Kier alpha value is -4.37. The second-order valence-corrected chi connectivity index (χ2v) is 7.62. The predicted octanol–water partition coefficient (Wildman–Crippen LogP) is 4.29. The largest absolute Gasteiger partial charge is 0.452 e. The number of pyridine rings is 1. The third-order valence-corrected chi connectivity index (χ3v) is 5.12. The lowest BCUT2D eigenvalue weighted by Crippen LogP contribution is -2.21. The van der Waals surface area contributed by atoms with Gasteiger partial charge < -0.3 is 15.8 Å². The van der Waals surface area contributed by atoms with Crippen molar-refractivity contribution in [1.29, 1.82) is 0 Å². The standard InChI is InChI=1S/C23H18ClN7O2/c1-30-13-18(20(24)29-30)27-23-26-12-14-10-19(33-17-8-3-2-4-9-17)22(32)31(21(14)28-23)16-7-5-6-15(25)11-16/h2-13H,25H2,1H3,(H,26,27,28). The number of nitrogens with one attached hydrogen (secondary N) is 1. The Morgan fingerprint density at radius 1 is 1.09 bits per heavy atom. The van der Waals surface area contributed by atoms with Crippen LogP contribution < -0.4 is 21.3 Å². The molecule has 9 nitrogen and oxygen atoms in total. The molecule has 0 bridgehead atoms. The van der Waals surface area contributed by atoms with Crippen LogP contribution in [0.4, 0.5) is 17.3 Å². The Bertz CT molecular complexity index is 1530. The summed E-state index contributed by atoms with van der Waals surface area (Å²) in [5.74, 6) is 0.931. The summed E-state index contributed by atoms with van der Waals surface area (Å²) in [5, 5.41) is 8.01. The van der Waals surface area contributed by atoms with Gasteiger partial charge in [-0.05, 0) is 36.4 Å². The van der Waals surface area contributed by atoms with Crippen molar-refractivity contribution in [2.45, 2.75) is 0 Å². The van der Waals surface area contributed by atoms with Gasteiger partial charge in [-0.2, -0.15) is 10.1 Å². The van der Waals surface area contributed by atoms with Gasteiger partial charge in [-0.3, -0.25) is 14.0 Å². The van der Waals surface area contributed by atoms with Gasteiger partial charge in [-0.15, -0.1) is 0 Å². The smallest absolute Gasteiger partial charge is 0.299 e. The quantitative estimate of drug-likeness (QED) is 0.377. The number of aryl methyl sites for hydroxylation is 1. The first-order valence-electron chi connectivity index (χ1n) is 9.96. The Balaban J connectivity index is 1.69. The molecule has 164 valence electrons. The highest BCUT2D eigenvalue weighted by Crippen LogP contribution is 2.26. The maximum atomic E-state index is 13.5. The van der Waals surface area contributed by atoms with Crippen molar-refractivity contribution >= 4 is 40.0 Å². The van der Waals surface area contributed by atoms with Crippen LogP contribution in [0.25, 0.3) is 16.7 Å². The first kappa shape index (κ1) is 20.5. The fourth-order valence-corrected chi connectivity index (χ4v) is 3.61. The highest BCUT2D eigenvalue weighted by Gasteiger charge is 2.16. The van der Waals surface area contributed by atoms with Crippen molar-refractivity contribution < 1.29 is 4.74 Å². The fourth-order valence-electron chi connectivity index (χ4n) is 3.39. The van der Waals surface area contributed by atoms with Crippen LogP contribution in [0, 0.1) is 0 Å². The van der Waals surface area contributed by atoms with E-state index in [0.29, 0.717) is 33.8 Å². The molecule has 0 atom stereocenters. The molecule has 33 heavy (non-hydrogen) atoms. The van der Waals surface area contributed by atoms with E-state index in [1.54, 1.807) is 66.6 Å². The summed E-state index contributed by atoms with van der Waals surface area (Å²) >= 11 is 6.15. The van der Waals surface area contributed by atoms with Gasteiger partial charge in [0.25, 0.3) is 5.56 Å². The van der Waals surface area contributed by atoms with Crippen molar-refractivity contribution in [3.8, 4) is 17.2 Å².